The fraction of sp³-hybridized carbons (Fsp3) is 0.250. The molecule has 1 amide bonds. The van der Waals surface area contributed by atoms with Crippen LogP contribution in [0.15, 0.2) is 18.3 Å². The largest absolute Gasteiger partial charge is 0.448 e. The van der Waals surface area contributed by atoms with E-state index in [1.54, 1.807) is 0 Å². The average molecular weight is 226 g/mol. The molecule has 0 saturated carbocycles. The van der Waals surface area contributed by atoms with E-state index in [1.165, 1.54) is 12.1 Å². The number of ether oxygens (including phenoxy) is 1. The molecule has 0 atom stereocenters. The summed E-state index contributed by atoms with van der Waals surface area (Å²) in [5, 5.41) is 13.1. The van der Waals surface area contributed by atoms with Gasteiger partial charge in [-0.2, -0.15) is 0 Å². The van der Waals surface area contributed by atoms with Crippen LogP contribution in [0.25, 0.3) is 0 Å². The zero-order valence-electron chi connectivity index (χ0n) is 8.25. The van der Waals surface area contributed by atoms with Crippen LogP contribution in [-0.4, -0.2) is 29.2 Å². The molecule has 0 aromatic carbocycles. The Balaban J connectivity index is 2.38. The summed E-state index contributed by atoms with van der Waals surface area (Å²) in [5.74, 6) is 0.457. The maximum absolute atomic E-state index is 10.3. The van der Waals surface area contributed by atoms with E-state index in [0.29, 0.717) is 12.4 Å². The molecule has 16 heavy (non-hydrogen) atoms. The Bertz CT molecular complexity index is 378. The van der Waals surface area contributed by atoms with Gasteiger partial charge in [-0.05, 0) is 6.07 Å². The first-order chi connectivity index (χ1) is 7.59. The Labute approximate surface area is 90.6 Å². The van der Waals surface area contributed by atoms with Gasteiger partial charge in [0.05, 0.1) is 11.5 Å². The van der Waals surface area contributed by atoms with Gasteiger partial charge in [-0.1, -0.05) is 0 Å². The van der Waals surface area contributed by atoms with Gasteiger partial charge in [0, 0.05) is 6.07 Å². The summed E-state index contributed by atoms with van der Waals surface area (Å²) in [6.45, 7) is 0.432. The van der Waals surface area contributed by atoms with Crippen molar-refractivity contribution in [3.8, 4) is 0 Å². The van der Waals surface area contributed by atoms with Gasteiger partial charge in [0.2, 0.25) is 0 Å². The molecule has 0 aliphatic heterocycles. The highest BCUT2D eigenvalue weighted by Crippen LogP contribution is 2.11. The van der Waals surface area contributed by atoms with Crippen LogP contribution >= 0.6 is 0 Å². The number of amides is 1. The molecular weight excluding hydrogens is 216 g/mol. The number of nitrogens with two attached hydrogens (primary N) is 1. The summed E-state index contributed by atoms with van der Waals surface area (Å²) < 4.78 is 4.47. The van der Waals surface area contributed by atoms with E-state index >= 15 is 0 Å². The highest BCUT2D eigenvalue weighted by atomic mass is 16.6. The zero-order chi connectivity index (χ0) is 12.0. The standard InChI is InChI=1S/C8H10N4O4/c9-8(13)16-4-3-10-7-2-1-6(5-11-7)12(14)15/h1-2,5H,3-4H2,(H2,9,13)(H,10,11). The Morgan fingerprint density at radius 1 is 1.62 bits per heavy atom. The van der Waals surface area contributed by atoms with Gasteiger partial charge in [0.1, 0.15) is 18.6 Å². The maximum Gasteiger partial charge on any atom is 0.404 e. The first kappa shape index (κ1) is 11.7. The Hall–Kier alpha value is -2.38. The number of nitro groups is 1. The highest BCUT2D eigenvalue weighted by molar-refractivity contribution is 5.64. The number of hydrogen-bond acceptors (Lipinski definition) is 6. The minimum Gasteiger partial charge on any atom is -0.448 e. The van der Waals surface area contributed by atoms with Gasteiger partial charge in [0.15, 0.2) is 0 Å². The van der Waals surface area contributed by atoms with Crippen molar-refractivity contribution in [2.75, 3.05) is 18.5 Å². The normalized spacial score (nSPS) is 9.50. The van der Waals surface area contributed by atoms with Gasteiger partial charge in [-0.15, -0.1) is 0 Å². The molecule has 8 heteroatoms. The summed E-state index contributed by atoms with van der Waals surface area (Å²) in [5.41, 5.74) is 4.66. The monoisotopic (exact) mass is 226 g/mol. The average Bonchev–Trinajstić information content (AvgIpc) is 2.25. The van der Waals surface area contributed by atoms with Crippen LogP contribution in [-0.2, 0) is 4.74 Å². The van der Waals surface area contributed by atoms with Crippen LogP contribution in [0.3, 0.4) is 0 Å². The van der Waals surface area contributed by atoms with E-state index in [9.17, 15) is 14.9 Å². The number of hydrogen-bond donors (Lipinski definition) is 2. The second-order valence-electron chi connectivity index (χ2n) is 2.75. The van der Waals surface area contributed by atoms with Crippen molar-refractivity contribution >= 4 is 17.6 Å². The van der Waals surface area contributed by atoms with Crippen molar-refractivity contribution in [2.24, 2.45) is 5.73 Å². The SMILES string of the molecule is NC(=O)OCCNc1ccc([N+](=O)[O-])cn1. The first-order valence-corrected chi connectivity index (χ1v) is 4.36. The lowest BCUT2D eigenvalue weighted by Gasteiger charge is -2.04. The van der Waals surface area contributed by atoms with Crippen molar-refractivity contribution in [1.29, 1.82) is 0 Å². The number of primary amides is 1. The van der Waals surface area contributed by atoms with Crippen molar-refractivity contribution in [1.82, 2.24) is 4.98 Å². The quantitative estimate of drug-likeness (QED) is 0.428. The van der Waals surface area contributed by atoms with Gasteiger partial charge in [-0.3, -0.25) is 10.1 Å². The molecule has 0 saturated heterocycles. The molecule has 86 valence electrons. The van der Waals surface area contributed by atoms with Crippen LogP contribution in [0.5, 0.6) is 0 Å². The van der Waals surface area contributed by atoms with E-state index in [4.69, 9.17) is 5.73 Å². The fourth-order valence-corrected chi connectivity index (χ4v) is 0.929. The second kappa shape index (κ2) is 5.49. The Kier molecular flexibility index (Phi) is 4.01. The van der Waals surface area contributed by atoms with Crippen LogP contribution in [0.4, 0.5) is 16.3 Å². The van der Waals surface area contributed by atoms with Crippen molar-refractivity contribution < 1.29 is 14.5 Å². The number of anilines is 1. The zero-order valence-corrected chi connectivity index (χ0v) is 8.25. The molecule has 1 heterocycles. The van der Waals surface area contributed by atoms with Crippen molar-refractivity contribution in [2.45, 2.75) is 0 Å². The summed E-state index contributed by atoms with van der Waals surface area (Å²) in [4.78, 5) is 23.8. The Morgan fingerprint density at radius 2 is 2.38 bits per heavy atom. The molecule has 1 aromatic rings. The molecule has 0 fully saturated rings. The molecular formula is C8H10N4O4. The number of carbonyl (C=O) groups is 1. The van der Waals surface area contributed by atoms with Crippen LogP contribution < -0.4 is 11.1 Å². The van der Waals surface area contributed by atoms with Crippen LogP contribution in [0, 0.1) is 10.1 Å². The van der Waals surface area contributed by atoms with Gasteiger partial charge in [-0.25, -0.2) is 9.78 Å². The topological polar surface area (TPSA) is 120 Å². The maximum atomic E-state index is 10.3. The highest BCUT2D eigenvalue weighted by Gasteiger charge is 2.04. The summed E-state index contributed by atoms with van der Waals surface area (Å²) >= 11 is 0. The van der Waals surface area contributed by atoms with Crippen LogP contribution in [0.1, 0.15) is 0 Å². The number of nitrogens with one attached hydrogen (secondary N) is 1. The molecule has 0 unspecified atom stereocenters. The lowest BCUT2D eigenvalue weighted by molar-refractivity contribution is -0.385. The molecule has 3 N–H and O–H groups in total. The molecule has 1 rings (SSSR count). The summed E-state index contributed by atoms with van der Waals surface area (Å²) in [6, 6.07) is 2.78. The minimum absolute atomic E-state index is 0.0843. The number of rotatable bonds is 5. The third kappa shape index (κ3) is 3.78. The molecule has 0 radical (unpaired) electrons. The lowest BCUT2D eigenvalue weighted by Crippen LogP contribution is -2.18. The summed E-state index contributed by atoms with van der Waals surface area (Å²) in [7, 11) is 0. The van der Waals surface area contributed by atoms with E-state index in [2.05, 4.69) is 15.0 Å². The summed E-state index contributed by atoms with van der Waals surface area (Å²) in [6.07, 6.45) is 0.288. The third-order valence-corrected chi connectivity index (χ3v) is 1.61. The van der Waals surface area contributed by atoms with Crippen molar-refractivity contribution in [3.05, 3.63) is 28.4 Å². The van der Waals surface area contributed by atoms with Crippen LogP contribution in [0.2, 0.25) is 0 Å². The van der Waals surface area contributed by atoms with E-state index in [-0.39, 0.29) is 12.3 Å². The molecule has 0 bridgehead atoms. The number of nitrogens with zero attached hydrogens (tertiary/aromatic N) is 2. The van der Waals surface area contributed by atoms with Gasteiger partial charge in [0.25, 0.3) is 5.69 Å². The van der Waals surface area contributed by atoms with E-state index in [1.807, 2.05) is 0 Å². The Morgan fingerprint density at radius 3 is 2.88 bits per heavy atom. The third-order valence-electron chi connectivity index (χ3n) is 1.61. The minimum atomic E-state index is -0.849. The lowest BCUT2D eigenvalue weighted by atomic mass is 10.4. The molecule has 0 aliphatic carbocycles. The van der Waals surface area contributed by atoms with E-state index in [0.717, 1.165) is 6.20 Å². The molecule has 8 nitrogen and oxygen atoms in total. The molecule has 0 spiro atoms. The second-order valence-corrected chi connectivity index (χ2v) is 2.75. The molecule has 0 aliphatic rings. The van der Waals surface area contributed by atoms with Gasteiger partial charge >= 0.3 is 6.09 Å². The number of carbonyl (C=O) groups excluding carboxylic acids is 1. The predicted octanol–water partition coefficient (Wildman–Crippen LogP) is 0.497. The van der Waals surface area contributed by atoms with Crippen molar-refractivity contribution in [3.63, 3.8) is 0 Å². The van der Waals surface area contributed by atoms with E-state index < -0.39 is 11.0 Å². The first-order valence-electron chi connectivity index (χ1n) is 4.36. The predicted molar refractivity (Wildman–Crippen MR) is 54.9 cm³/mol. The fourth-order valence-electron chi connectivity index (χ4n) is 0.929. The number of aromatic nitrogens is 1. The molecule has 1 aromatic heterocycles. The smallest absolute Gasteiger partial charge is 0.404 e. The number of pyridine rings is 1. The van der Waals surface area contributed by atoms with Gasteiger partial charge < -0.3 is 15.8 Å².